The first-order valence-electron chi connectivity index (χ1n) is 5.59. The van der Waals surface area contributed by atoms with Gasteiger partial charge in [-0.15, -0.1) is 0 Å². The minimum atomic E-state index is -3.44. The molecule has 0 aliphatic carbocycles. The lowest BCUT2D eigenvalue weighted by Gasteiger charge is -2.10. The Morgan fingerprint density at radius 3 is 2.72 bits per heavy atom. The van der Waals surface area contributed by atoms with E-state index in [-0.39, 0.29) is 12.3 Å². The Bertz CT molecular complexity index is 491. The maximum absolute atomic E-state index is 10.8. The molecule has 0 aliphatic rings. The summed E-state index contributed by atoms with van der Waals surface area (Å²) in [4.78, 5) is 0. The molecule has 18 heavy (non-hydrogen) atoms. The number of anilines is 1. The molecule has 0 aromatic heterocycles. The third-order valence-electron chi connectivity index (χ3n) is 2.11. The van der Waals surface area contributed by atoms with Crippen LogP contribution in [0.2, 0.25) is 5.02 Å². The number of hydrogen-bond acceptors (Lipinski definition) is 4. The Morgan fingerprint density at radius 1 is 1.44 bits per heavy atom. The fraction of sp³-hybridized carbons (Fsp3) is 0.455. The normalized spacial score (nSPS) is 11.3. The summed E-state index contributed by atoms with van der Waals surface area (Å²) in [5, 5.41) is 8.31. The fourth-order valence-corrected chi connectivity index (χ4v) is 1.90. The molecule has 0 fully saturated rings. The van der Waals surface area contributed by atoms with E-state index in [4.69, 9.17) is 21.5 Å². The maximum atomic E-state index is 10.8. The summed E-state index contributed by atoms with van der Waals surface area (Å²) in [6.07, 6.45) is 0.907. The van der Waals surface area contributed by atoms with Gasteiger partial charge in [0.1, 0.15) is 5.75 Å². The molecule has 5 nitrogen and oxygen atoms in total. The summed E-state index contributed by atoms with van der Waals surface area (Å²) in [5.74, 6) is 0.495. The molecule has 0 unspecified atom stereocenters. The molecule has 0 heterocycles. The molecule has 7 heteroatoms. The molecule has 0 saturated carbocycles. The number of benzene rings is 1. The molecule has 0 bridgehead atoms. The van der Waals surface area contributed by atoms with Crippen molar-refractivity contribution >= 4 is 27.3 Å². The van der Waals surface area contributed by atoms with E-state index >= 15 is 0 Å². The molecule has 3 N–H and O–H groups in total. The van der Waals surface area contributed by atoms with Crippen LogP contribution in [0, 0.1) is 0 Å². The van der Waals surface area contributed by atoms with Gasteiger partial charge in [-0.2, -0.15) is 0 Å². The third-order valence-corrected chi connectivity index (χ3v) is 3.18. The SMILES string of the molecule is CCCOc1ccc(NCCS(N)(=O)=O)cc1Cl. The van der Waals surface area contributed by atoms with Crippen molar-refractivity contribution in [2.24, 2.45) is 5.14 Å². The summed E-state index contributed by atoms with van der Waals surface area (Å²) in [7, 11) is -3.44. The van der Waals surface area contributed by atoms with Gasteiger partial charge in [0.2, 0.25) is 10.0 Å². The fourth-order valence-electron chi connectivity index (χ4n) is 1.28. The van der Waals surface area contributed by atoms with Crippen LogP contribution >= 0.6 is 11.6 Å². The van der Waals surface area contributed by atoms with Crippen molar-refractivity contribution in [3.8, 4) is 5.75 Å². The van der Waals surface area contributed by atoms with E-state index in [1.807, 2.05) is 6.92 Å². The second-order valence-electron chi connectivity index (χ2n) is 3.79. The molecule has 0 aliphatic heterocycles. The van der Waals surface area contributed by atoms with Gasteiger partial charge in [-0.25, -0.2) is 13.6 Å². The van der Waals surface area contributed by atoms with Gasteiger partial charge in [0.25, 0.3) is 0 Å². The molecule has 1 rings (SSSR count). The highest BCUT2D eigenvalue weighted by molar-refractivity contribution is 7.89. The van der Waals surface area contributed by atoms with Crippen LogP contribution in [0.15, 0.2) is 18.2 Å². The molecular weight excluding hydrogens is 276 g/mol. The second-order valence-corrected chi connectivity index (χ2v) is 5.93. The number of ether oxygens (including phenoxy) is 1. The van der Waals surface area contributed by atoms with E-state index in [0.29, 0.717) is 17.4 Å². The van der Waals surface area contributed by atoms with Crippen molar-refractivity contribution in [1.82, 2.24) is 0 Å². The Kier molecular flexibility index (Phi) is 5.71. The zero-order valence-corrected chi connectivity index (χ0v) is 11.7. The molecule has 0 amide bonds. The first-order chi connectivity index (χ1) is 8.42. The van der Waals surface area contributed by atoms with Gasteiger partial charge in [-0.1, -0.05) is 18.5 Å². The first-order valence-corrected chi connectivity index (χ1v) is 7.68. The van der Waals surface area contributed by atoms with Gasteiger partial charge in [-0.3, -0.25) is 0 Å². The van der Waals surface area contributed by atoms with Gasteiger partial charge < -0.3 is 10.1 Å². The predicted octanol–water partition coefficient (Wildman–Crippen LogP) is 1.83. The first kappa shape index (κ1) is 15.1. The van der Waals surface area contributed by atoms with Crippen LogP contribution in [0.1, 0.15) is 13.3 Å². The van der Waals surface area contributed by atoms with E-state index in [1.54, 1.807) is 18.2 Å². The second kappa shape index (κ2) is 6.82. The highest BCUT2D eigenvalue weighted by atomic mass is 35.5. The van der Waals surface area contributed by atoms with Crippen molar-refractivity contribution in [3.05, 3.63) is 23.2 Å². The van der Waals surface area contributed by atoms with Gasteiger partial charge in [0.05, 0.1) is 17.4 Å². The number of hydrogen-bond donors (Lipinski definition) is 2. The summed E-state index contributed by atoms with van der Waals surface area (Å²) in [6, 6.07) is 5.22. The van der Waals surface area contributed by atoms with E-state index < -0.39 is 10.0 Å². The minimum Gasteiger partial charge on any atom is -0.492 e. The van der Waals surface area contributed by atoms with E-state index in [1.165, 1.54) is 0 Å². The topological polar surface area (TPSA) is 81.4 Å². The number of rotatable bonds is 7. The van der Waals surface area contributed by atoms with Gasteiger partial charge in [-0.05, 0) is 24.6 Å². The van der Waals surface area contributed by atoms with Crippen molar-refractivity contribution in [2.45, 2.75) is 13.3 Å². The Labute approximate surface area is 112 Å². The number of sulfonamides is 1. The average molecular weight is 293 g/mol. The van der Waals surface area contributed by atoms with Gasteiger partial charge in [0, 0.05) is 12.2 Å². The summed E-state index contributed by atoms with van der Waals surface area (Å²) < 4.78 is 26.9. The highest BCUT2D eigenvalue weighted by Crippen LogP contribution is 2.27. The summed E-state index contributed by atoms with van der Waals surface area (Å²) in [5.41, 5.74) is 0.729. The molecule has 1 aromatic carbocycles. The standard InChI is InChI=1S/C11H17ClN2O3S/c1-2-6-17-11-4-3-9(8-10(11)12)14-5-7-18(13,15)16/h3-4,8,14H,2,5-7H2,1H3,(H2,13,15,16). The lowest BCUT2D eigenvalue weighted by molar-refractivity contribution is 0.317. The van der Waals surface area contributed by atoms with Crippen LogP contribution in [0.25, 0.3) is 0 Å². The van der Waals surface area contributed by atoms with Crippen molar-refractivity contribution in [2.75, 3.05) is 24.2 Å². The van der Waals surface area contributed by atoms with Crippen molar-refractivity contribution < 1.29 is 13.2 Å². The molecule has 0 spiro atoms. The number of primary sulfonamides is 1. The number of nitrogens with one attached hydrogen (secondary N) is 1. The number of nitrogens with two attached hydrogens (primary N) is 1. The lowest BCUT2D eigenvalue weighted by Crippen LogP contribution is -2.22. The average Bonchev–Trinajstić information content (AvgIpc) is 2.26. The molecule has 0 saturated heterocycles. The van der Waals surface area contributed by atoms with Crippen LogP contribution in [0.3, 0.4) is 0 Å². The molecular formula is C11H17ClN2O3S. The third kappa shape index (κ3) is 5.57. The quantitative estimate of drug-likeness (QED) is 0.803. The Hall–Kier alpha value is -0.980. The summed E-state index contributed by atoms with van der Waals surface area (Å²) >= 11 is 6.03. The smallest absolute Gasteiger partial charge is 0.210 e. The number of halogens is 1. The largest absolute Gasteiger partial charge is 0.492 e. The molecule has 102 valence electrons. The molecule has 0 radical (unpaired) electrons. The van der Waals surface area contributed by atoms with Crippen LogP contribution in [0.5, 0.6) is 5.75 Å². The maximum Gasteiger partial charge on any atom is 0.210 e. The van der Waals surface area contributed by atoms with Crippen LogP contribution in [-0.2, 0) is 10.0 Å². The lowest BCUT2D eigenvalue weighted by atomic mass is 10.3. The van der Waals surface area contributed by atoms with Gasteiger partial charge in [0.15, 0.2) is 0 Å². The zero-order valence-electron chi connectivity index (χ0n) is 10.1. The van der Waals surface area contributed by atoms with E-state index in [0.717, 1.165) is 12.1 Å². The van der Waals surface area contributed by atoms with Crippen molar-refractivity contribution in [3.63, 3.8) is 0 Å². The van der Waals surface area contributed by atoms with Gasteiger partial charge >= 0.3 is 0 Å². The molecule has 1 aromatic rings. The van der Waals surface area contributed by atoms with Crippen LogP contribution in [0.4, 0.5) is 5.69 Å². The van der Waals surface area contributed by atoms with E-state index in [9.17, 15) is 8.42 Å². The summed E-state index contributed by atoms with van der Waals surface area (Å²) in [6.45, 7) is 2.86. The monoisotopic (exact) mass is 292 g/mol. The zero-order chi connectivity index (χ0) is 13.6. The van der Waals surface area contributed by atoms with Crippen LogP contribution < -0.4 is 15.2 Å². The predicted molar refractivity (Wildman–Crippen MR) is 73.7 cm³/mol. The minimum absolute atomic E-state index is 0.126. The van der Waals surface area contributed by atoms with Crippen LogP contribution in [-0.4, -0.2) is 27.3 Å². The van der Waals surface area contributed by atoms with E-state index in [2.05, 4.69) is 5.32 Å². The molecule has 0 atom stereocenters. The van der Waals surface area contributed by atoms with Crippen molar-refractivity contribution in [1.29, 1.82) is 0 Å². The Balaban J connectivity index is 2.56. The Morgan fingerprint density at radius 2 is 2.17 bits per heavy atom. The highest BCUT2D eigenvalue weighted by Gasteiger charge is 2.04.